The molecule has 0 radical (unpaired) electrons. The van der Waals surface area contributed by atoms with Crippen molar-refractivity contribution in [3.8, 4) is 0 Å². The molecule has 1 N–H and O–H groups in total. The van der Waals surface area contributed by atoms with Gasteiger partial charge >= 0.3 is 0 Å². The standard InChI is InChI=1S/C27H20Cl2N2O3/c28-26-17-10-4-5-11-18(17)27(29,20-13-7-6-12-19(20)26)23-22(26)24(33)31(25(23)34)15-21(32)30-14-16-8-2-1-3-9-16/h1-13,22-23H,14-15H2,(H,30,32)/t22-,23-,26?,27?/m0/s1. The molecule has 1 saturated heterocycles. The molecule has 1 fully saturated rings. The topological polar surface area (TPSA) is 66.5 Å². The van der Waals surface area contributed by atoms with E-state index in [2.05, 4.69) is 5.32 Å². The smallest absolute Gasteiger partial charge is 0.240 e. The highest BCUT2D eigenvalue weighted by Gasteiger charge is 2.73. The van der Waals surface area contributed by atoms with Gasteiger partial charge in [0.05, 0.1) is 11.8 Å². The van der Waals surface area contributed by atoms with Gasteiger partial charge in [-0.2, -0.15) is 0 Å². The molecule has 7 rings (SSSR count). The molecule has 2 bridgehead atoms. The molecule has 0 spiro atoms. The first-order valence-electron chi connectivity index (χ1n) is 11.1. The molecule has 7 heteroatoms. The molecule has 1 heterocycles. The molecule has 5 nitrogen and oxygen atoms in total. The molecule has 34 heavy (non-hydrogen) atoms. The van der Waals surface area contributed by atoms with Crippen LogP contribution < -0.4 is 5.32 Å². The van der Waals surface area contributed by atoms with E-state index in [4.69, 9.17) is 23.2 Å². The van der Waals surface area contributed by atoms with Gasteiger partial charge in [0, 0.05) is 6.54 Å². The van der Waals surface area contributed by atoms with E-state index in [0.29, 0.717) is 6.54 Å². The highest BCUT2D eigenvalue weighted by Crippen LogP contribution is 2.69. The van der Waals surface area contributed by atoms with Crippen LogP contribution in [-0.4, -0.2) is 29.2 Å². The lowest BCUT2D eigenvalue weighted by Crippen LogP contribution is -2.57. The summed E-state index contributed by atoms with van der Waals surface area (Å²) >= 11 is 14.7. The van der Waals surface area contributed by atoms with Crippen molar-refractivity contribution in [1.82, 2.24) is 10.2 Å². The number of rotatable bonds is 4. The number of nitrogens with one attached hydrogen (secondary N) is 1. The summed E-state index contributed by atoms with van der Waals surface area (Å²) in [7, 11) is 0. The van der Waals surface area contributed by atoms with Gasteiger partial charge in [0.25, 0.3) is 0 Å². The van der Waals surface area contributed by atoms with Crippen LogP contribution in [0.5, 0.6) is 0 Å². The molecule has 2 atom stereocenters. The Morgan fingerprint density at radius 3 is 1.59 bits per heavy atom. The normalized spacial score (nSPS) is 28.4. The van der Waals surface area contributed by atoms with Gasteiger partial charge in [-0.3, -0.25) is 19.3 Å². The lowest BCUT2D eigenvalue weighted by molar-refractivity contribution is -0.143. The Morgan fingerprint density at radius 2 is 1.15 bits per heavy atom. The predicted molar refractivity (Wildman–Crippen MR) is 128 cm³/mol. The van der Waals surface area contributed by atoms with Crippen LogP contribution >= 0.6 is 23.2 Å². The second-order valence-corrected chi connectivity index (χ2v) is 10.2. The third-order valence-electron chi connectivity index (χ3n) is 7.31. The van der Waals surface area contributed by atoms with Crippen molar-refractivity contribution >= 4 is 40.9 Å². The van der Waals surface area contributed by atoms with Crippen LogP contribution in [0.1, 0.15) is 27.8 Å². The summed E-state index contributed by atoms with van der Waals surface area (Å²) in [4.78, 5) is 38.7. The molecule has 0 saturated carbocycles. The minimum absolute atomic E-state index is 0.304. The maximum atomic E-state index is 13.7. The second kappa shape index (κ2) is 7.42. The fourth-order valence-electron chi connectivity index (χ4n) is 5.88. The van der Waals surface area contributed by atoms with Crippen LogP contribution in [-0.2, 0) is 30.7 Å². The van der Waals surface area contributed by atoms with E-state index < -0.39 is 39.3 Å². The van der Waals surface area contributed by atoms with E-state index in [1.165, 1.54) is 0 Å². The van der Waals surface area contributed by atoms with E-state index >= 15 is 0 Å². The third-order valence-corrected chi connectivity index (χ3v) is 8.60. The molecule has 3 aliphatic carbocycles. The SMILES string of the molecule is O=C(CN1C(=O)[C@@H]2[C@@H](C1=O)C1(Cl)c3ccccc3C2(Cl)c2ccccc21)NCc1ccccc1. The van der Waals surface area contributed by atoms with E-state index in [0.717, 1.165) is 32.7 Å². The Labute approximate surface area is 206 Å². The first-order valence-corrected chi connectivity index (χ1v) is 11.9. The van der Waals surface area contributed by atoms with Gasteiger partial charge in [-0.25, -0.2) is 0 Å². The number of nitrogens with zero attached hydrogens (tertiary/aromatic N) is 1. The Balaban J connectivity index is 1.38. The molecule has 1 aliphatic heterocycles. The molecular formula is C27H20Cl2N2O3. The van der Waals surface area contributed by atoms with Crippen LogP contribution in [0.15, 0.2) is 78.9 Å². The van der Waals surface area contributed by atoms with Crippen molar-refractivity contribution in [2.75, 3.05) is 6.54 Å². The minimum Gasteiger partial charge on any atom is -0.350 e. The maximum Gasteiger partial charge on any atom is 0.240 e. The Morgan fingerprint density at radius 1 is 0.735 bits per heavy atom. The van der Waals surface area contributed by atoms with E-state index in [1.807, 2.05) is 78.9 Å². The number of imide groups is 1. The van der Waals surface area contributed by atoms with E-state index in [1.54, 1.807) is 0 Å². The van der Waals surface area contributed by atoms with Crippen LogP contribution in [0, 0.1) is 11.8 Å². The average molecular weight is 491 g/mol. The van der Waals surface area contributed by atoms with Crippen molar-refractivity contribution in [3.05, 3.63) is 107 Å². The number of halogens is 2. The Hall–Kier alpha value is -3.15. The van der Waals surface area contributed by atoms with E-state index in [9.17, 15) is 14.4 Å². The minimum atomic E-state index is -1.24. The van der Waals surface area contributed by atoms with Crippen molar-refractivity contribution in [3.63, 3.8) is 0 Å². The fourth-order valence-corrected chi connectivity index (χ4v) is 6.97. The van der Waals surface area contributed by atoms with Crippen molar-refractivity contribution < 1.29 is 14.4 Å². The number of hydrogen-bond donors (Lipinski definition) is 1. The zero-order valence-electron chi connectivity index (χ0n) is 18.0. The fraction of sp³-hybridized carbons (Fsp3) is 0.222. The summed E-state index contributed by atoms with van der Waals surface area (Å²) in [5, 5.41) is 2.79. The Kier molecular flexibility index (Phi) is 4.67. The molecule has 0 aromatic heterocycles. The van der Waals surface area contributed by atoms with Gasteiger partial charge in [0.2, 0.25) is 17.7 Å². The summed E-state index contributed by atoms with van der Waals surface area (Å²) in [5.74, 6) is -3.14. The number of benzene rings is 3. The second-order valence-electron chi connectivity index (χ2n) is 8.99. The molecule has 0 unspecified atom stereocenters. The lowest BCUT2D eigenvalue weighted by Gasteiger charge is -2.54. The third kappa shape index (κ3) is 2.65. The van der Waals surface area contributed by atoms with Gasteiger partial charge in [0.15, 0.2) is 0 Å². The zero-order valence-corrected chi connectivity index (χ0v) is 19.5. The van der Waals surface area contributed by atoms with Gasteiger partial charge < -0.3 is 5.32 Å². The molecular weight excluding hydrogens is 471 g/mol. The monoisotopic (exact) mass is 490 g/mol. The Bertz CT molecular complexity index is 1240. The van der Waals surface area contributed by atoms with Crippen molar-refractivity contribution in [2.24, 2.45) is 11.8 Å². The van der Waals surface area contributed by atoms with Crippen molar-refractivity contribution in [2.45, 2.75) is 16.3 Å². The maximum absolute atomic E-state index is 13.7. The zero-order chi connectivity index (χ0) is 23.7. The molecule has 3 aromatic rings. The molecule has 3 amide bonds. The summed E-state index contributed by atoms with van der Waals surface area (Å²) in [6, 6.07) is 24.4. The highest BCUT2D eigenvalue weighted by atomic mass is 35.5. The van der Waals surface area contributed by atoms with Gasteiger partial charge in [-0.1, -0.05) is 78.9 Å². The summed E-state index contributed by atoms with van der Waals surface area (Å²) < 4.78 is 0. The van der Waals surface area contributed by atoms with Crippen LogP contribution in [0.3, 0.4) is 0 Å². The largest absolute Gasteiger partial charge is 0.350 e. The number of carbonyl (C=O) groups excluding carboxylic acids is 3. The summed E-state index contributed by atoms with van der Waals surface area (Å²) in [6.07, 6.45) is 0. The molecule has 3 aromatic carbocycles. The van der Waals surface area contributed by atoms with Crippen LogP contribution in [0.2, 0.25) is 0 Å². The lowest BCUT2D eigenvalue weighted by atomic mass is 9.54. The number of alkyl halides is 2. The predicted octanol–water partition coefficient (Wildman–Crippen LogP) is 3.90. The number of hydrogen-bond acceptors (Lipinski definition) is 3. The average Bonchev–Trinajstić information content (AvgIpc) is 3.12. The summed E-state index contributed by atoms with van der Waals surface area (Å²) in [5.41, 5.74) is 3.88. The van der Waals surface area contributed by atoms with Gasteiger partial charge in [-0.05, 0) is 27.8 Å². The van der Waals surface area contributed by atoms with Gasteiger partial charge in [-0.15, -0.1) is 23.2 Å². The van der Waals surface area contributed by atoms with Crippen LogP contribution in [0.4, 0.5) is 0 Å². The highest BCUT2D eigenvalue weighted by molar-refractivity contribution is 6.36. The number of likely N-dealkylation sites (tertiary alicyclic amines) is 1. The molecule has 4 aliphatic rings. The van der Waals surface area contributed by atoms with Gasteiger partial charge in [0.1, 0.15) is 16.3 Å². The van der Waals surface area contributed by atoms with E-state index in [-0.39, 0.29) is 6.54 Å². The number of carbonyl (C=O) groups is 3. The first kappa shape index (κ1) is 21.4. The quantitative estimate of drug-likeness (QED) is 0.445. The molecule has 170 valence electrons. The first-order chi connectivity index (χ1) is 16.4. The van der Waals surface area contributed by atoms with Crippen molar-refractivity contribution in [1.29, 1.82) is 0 Å². The number of amides is 3. The van der Waals surface area contributed by atoms with Crippen LogP contribution in [0.25, 0.3) is 0 Å². The summed E-state index contributed by atoms with van der Waals surface area (Å²) in [6.45, 7) is -0.0668.